The van der Waals surface area contributed by atoms with Gasteiger partial charge in [0, 0.05) is 49.7 Å². The number of rotatable bonds is 4. The maximum Gasteiger partial charge on any atom is 0.327 e. The van der Waals surface area contributed by atoms with E-state index in [4.69, 9.17) is 21.1 Å². The first-order chi connectivity index (χ1) is 23.8. The van der Waals surface area contributed by atoms with Crippen LogP contribution in [0.3, 0.4) is 0 Å². The monoisotopic (exact) mass is 705 g/mol. The maximum atomic E-state index is 14.2. The Kier molecular flexibility index (Phi) is 11.5. The number of ether oxygens (including phenoxy) is 2. The van der Waals surface area contributed by atoms with Crippen molar-refractivity contribution < 1.29 is 23.3 Å². The summed E-state index contributed by atoms with van der Waals surface area (Å²) in [4.78, 5) is 33.1. The van der Waals surface area contributed by atoms with Crippen molar-refractivity contribution in [1.82, 2.24) is 15.0 Å². The van der Waals surface area contributed by atoms with Crippen molar-refractivity contribution in [2.75, 3.05) is 30.9 Å². The van der Waals surface area contributed by atoms with Gasteiger partial charge in [0.1, 0.15) is 15.7 Å². The Labute approximate surface area is 293 Å². The van der Waals surface area contributed by atoms with E-state index in [9.17, 15) is 13.8 Å². The van der Waals surface area contributed by atoms with Gasteiger partial charge in [-0.1, -0.05) is 29.8 Å². The summed E-state index contributed by atoms with van der Waals surface area (Å²) in [6.07, 6.45) is 13.2. The lowest BCUT2D eigenvalue weighted by Gasteiger charge is -2.43. The van der Waals surface area contributed by atoms with Gasteiger partial charge in [0.15, 0.2) is 0 Å². The molecule has 3 aliphatic rings. The molecule has 49 heavy (non-hydrogen) atoms. The van der Waals surface area contributed by atoms with Gasteiger partial charge in [-0.05, 0) is 116 Å². The quantitative estimate of drug-likeness (QED) is 0.284. The van der Waals surface area contributed by atoms with E-state index in [1.807, 2.05) is 18.2 Å². The van der Waals surface area contributed by atoms with Gasteiger partial charge in [-0.3, -0.25) is 14.5 Å². The van der Waals surface area contributed by atoms with Gasteiger partial charge >= 0.3 is 6.03 Å². The number of urea groups is 1. The van der Waals surface area contributed by atoms with Crippen LogP contribution in [0, 0.1) is 11.8 Å². The van der Waals surface area contributed by atoms with Crippen LogP contribution in [0.25, 0.3) is 0 Å². The lowest BCUT2D eigenvalue weighted by Crippen LogP contribution is -2.43. The highest BCUT2D eigenvalue weighted by Crippen LogP contribution is 2.42. The molecule has 0 spiro atoms. The van der Waals surface area contributed by atoms with E-state index in [1.54, 1.807) is 43.8 Å². The van der Waals surface area contributed by atoms with Crippen molar-refractivity contribution in [2.24, 2.45) is 16.2 Å². The predicted molar refractivity (Wildman–Crippen MR) is 192 cm³/mol. The van der Waals surface area contributed by atoms with Gasteiger partial charge in [0.2, 0.25) is 0 Å². The molecule has 2 N–H and O–H groups in total. The van der Waals surface area contributed by atoms with Crippen LogP contribution >= 0.6 is 11.6 Å². The van der Waals surface area contributed by atoms with E-state index < -0.39 is 21.9 Å². The largest absolute Gasteiger partial charge is 0.491 e. The molecule has 4 atom stereocenters. The minimum absolute atomic E-state index is 0.00891. The van der Waals surface area contributed by atoms with Gasteiger partial charge in [0.25, 0.3) is 5.91 Å². The second-order valence-electron chi connectivity index (χ2n) is 12.9. The first-order valence-corrected chi connectivity index (χ1v) is 19.1. The van der Waals surface area contributed by atoms with E-state index in [0.717, 1.165) is 49.9 Å². The second kappa shape index (κ2) is 16.2. The zero-order valence-electron chi connectivity index (χ0n) is 27.8. The number of methoxy groups -OCH3 is 1. The van der Waals surface area contributed by atoms with Crippen molar-refractivity contribution in [1.29, 1.82) is 0 Å². The number of benzene rings is 2. The Balaban J connectivity index is 1.38. The Morgan fingerprint density at radius 3 is 2.73 bits per heavy atom. The smallest absolute Gasteiger partial charge is 0.327 e. The molecule has 2 aliphatic heterocycles. The fourth-order valence-electron chi connectivity index (χ4n) is 6.78. The maximum absolute atomic E-state index is 14.2. The number of halogens is 1. The summed E-state index contributed by atoms with van der Waals surface area (Å²) < 4.78 is 33.2. The van der Waals surface area contributed by atoms with Crippen molar-refractivity contribution >= 4 is 39.1 Å². The van der Waals surface area contributed by atoms with E-state index >= 15 is 0 Å². The van der Waals surface area contributed by atoms with Crippen LogP contribution in [0.5, 0.6) is 5.75 Å². The van der Waals surface area contributed by atoms with Gasteiger partial charge < -0.3 is 19.7 Å². The number of hydrogen-bond donors (Lipinski definition) is 2. The number of anilines is 1. The molecule has 1 fully saturated rings. The van der Waals surface area contributed by atoms with Crippen LogP contribution in [-0.2, 0) is 34.2 Å². The Bertz CT molecular complexity index is 1790. The van der Waals surface area contributed by atoms with Crippen molar-refractivity contribution in [2.45, 2.75) is 64.1 Å². The number of carbonyl (C=O) groups is 2. The van der Waals surface area contributed by atoms with Gasteiger partial charge in [-0.2, -0.15) is 0 Å². The van der Waals surface area contributed by atoms with E-state index in [2.05, 4.69) is 42.5 Å². The highest BCUT2D eigenvalue weighted by molar-refractivity contribution is 7.92. The predicted octanol–water partition coefficient (Wildman–Crippen LogP) is 6.87. The summed E-state index contributed by atoms with van der Waals surface area (Å²) >= 11 is 6.45. The first-order valence-electron chi connectivity index (χ1n) is 17.0. The average molecular weight is 706 g/mol. The number of hydrogen-bond acceptors (Lipinski definition) is 7. The van der Waals surface area contributed by atoms with Crippen LogP contribution < -0.4 is 19.7 Å². The molecule has 3 aromatic rings. The number of carbonyl (C=O) groups excluding carboxylic acids is 2. The summed E-state index contributed by atoms with van der Waals surface area (Å²) in [5.74, 6) is 0.732. The molecule has 0 radical (unpaired) electrons. The average Bonchev–Trinajstić information content (AvgIpc) is 3.11. The van der Waals surface area contributed by atoms with Crippen LogP contribution in [0.1, 0.15) is 65.6 Å². The zero-order valence-corrected chi connectivity index (χ0v) is 29.4. The zero-order chi connectivity index (χ0) is 34.2. The second-order valence-corrected chi connectivity index (χ2v) is 15.4. The van der Waals surface area contributed by atoms with E-state index in [1.165, 1.54) is 11.1 Å². The summed E-state index contributed by atoms with van der Waals surface area (Å²) in [7, 11) is -1.73. The van der Waals surface area contributed by atoms with E-state index in [0.29, 0.717) is 48.6 Å². The highest BCUT2D eigenvalue weighted by Gasteiger charge is 2.38. The fraction of sp³-hybridized carbons (Fsp3) is 0.432. The standard InChI is InChI=1S/C37H44ClN5O5S/c1-47-34-8-3-2-6-20-49(46,42-37(45)40-23-26-15-17-39-18-16-26)41-36(44)28-11-14-35-33(22-28)43(25-30-10-13-32(30)34)24-29-9-12-31(38)21-27(29)7-4-5-19-48-35/h3,8-9,11-12,14-18,21-22,30,32,34H,2,4-7,10,13,19-20,23-25H2,1H3,(H2,40,41,42,44,45,46)/b8-3+/t30-,32+,34-,49?/m0/s1. The molecule has 0 saturated heterocycles. The molecule has 1 aromatic heterocycles. The molecule has 1 unspecified atom stereocenters. The molecule has 260 valence electrons. The first kappa shape index (κ1) is 34.9. The number of pyridine rings is 1. The summed E-state index contributed by atoms with van der Waals surface area (Å²) in [5.41, 5.74) is 4.27. The number of fused-ring (bicyclic) bond motifs is 3. The third kappa shape index (κ3) is 9.00. The van der Waals surface area contributed by atoms with Crippen molar-refractivity contribution in [3.63, 3.8) is 0 Å². The molecule has 12 heteroatoms. The number of aromatic nitrogens is 1. The van der Waals surface area contributed by atoms with E-state index in [-0.39, 0.29) is 24.0 Å². The number of amides is 3. The van der Waals surface area contributed by atoms with Crippen LogP contribution in [0.2, 0.25) is 5.02 Å². The molecule has 2 bridgehead atoms. The van der Waals surface area contributed by atoms with Gasteiger partial charge in [-0.15, -0.1) is 4.36 Å². The minimum Gasteiger partial charge on any atom is -0.491 e. The molecule has 1 aliphatic carbocycles. The number of nitrogens with one attached hydrogen (secondary N) is 2. The lowest BCUT2D eigenvalue weighted by molar-refractivity contribution is 0.0134. The summed E-state index contributed by atoms with van der Waals surface area (Å²) in [6, 6.07) is 14.2. The number of nitrogens with zero attached hydrogens (tertiary/aromatic N) is 3. The molecule has 1 saturated carbocycles. The lowest BCUT2D eigenvalue weighted by atomic mass is 9.70. The summed E-state index contributed by atoms with van der Waals surface area (Å²) in [6.45, 7) is 2.08. The number of allylic oxidation sites excluding steroid dienone is 1. The topological polar surface area (TPSA) is 122 Å². The summed E-state index contributed by atoms with van der Waals surface area (Å²) in [5, 5.41) is 3.43. The van der Waals surface area contributed by atoms with Crippen molar-refractivity contribution in [3.05, 3.63) is 100 Å². The number of aryl methyl sites for hydroxylation is 1. The minimum atomic E-state index is -3.48. The normalized spacial score (nSPS) is 25.1. The third-order valence-corrected chi connectivity index (χ3v) is 11.6. The third-order valence-electron chi connectivity index (χ3n) is 9.60. The molecule has 10 nitrogen and oxygen atoms in total. The molecule has 6 rings (SSSR count). The molecular formula is C37H44ClN5O5S. The Hall–Kier alpha value is -3.93. The molecular weight excluding hydrogens is 662 g/mol. The van der Waals surface area contributed by atoms with Crippen LogP contribution in [0.15, 0.2) is 77.4 Å². The SMILES string of the molecule is CO[C@H]1/C=C/CCCS(=O)(NC(=O)NCc2ccncc2)=NC(=O)c2ccc3c(c2)N(Cc2ccc(Cl)cc2CCCCO3)C[C@@H]2CC[C@H]21. The molecule has 3 heterocycles. The van der Waals surface area contributed by atoms with Gasteiger partial charge in [0.05, 0.1) is 24.2 Å². The van der Waals surface area contributed by atoms with Gasteiger partial charge in [-0.25, -0.2) is 9.00 Å². The fourth-order valence-corrected chi connectivity index (χ4v) is 8.51. The Morgan fingerprint density at radius 1 is 1.08 bits per heavy atom. The highest BCUT2D eigenvalue weighted by atomic mass is 35.5. The molecule has 3 amide bonds. The van der Waals surface area contributed by atoms with Crippen LogP contribution in [-0.4, -0.2) is 53.2 Å². The van der Waals surface area contributed by atoms with Crippen LogP contribution in [0.4, 0.5) is 10.5 Å². The van der Waals surface area contributed by atoms with Crippen molar-refractivity contribution in [3.8, 4) is 5.75 Å². The molecule has 2 aromatic carbocycles. The Morgan fingerprint density at radius 2 is 1.94 bits per heavy atom.